The molecule has 0 aliphatic carbocycles. The van der Waals surface area contributed by atoms with Crippen molar-refractivity contribution in [3.63, 3.8) is 0 Å². The van der Waals surface area contributed by atoms with Gasteiger partial charge in [-0.05, 0) is 93.8 Å². The van der Waals surface area contributed by atoms with Gasteiger partial charge in [-0.1, -0.05) is 103 Å². The number of thiophene rings is 3. The first-order valence-electron chi connectivity index (χ1n) is 18.1. The van der Waals surface area contributed by atoms with Gasteiger partial charge in [0.25, 0.3) is 0 Å². The second kappa shape index (κ2) is 10.5. The van der Waals surface area contributed by atoms with Crippen molar-refractivity contribution in [3.05, 3.63) is 158 Å². The van der Waals surface area contributed by atoms with Crippen LogP contribution in [0.25, 0.3) is 82.8 Å². The van der Waals surface area contributed by atoms with Crippen molar-refractivity contribution in [2.75, 3.05) is 4.90 Å². The summed E-state index contributed by atoms with van der Waals surface area (Å²) in [7, 11) is 0. The highest BCUT2D eigenvalue weighted by Gasteiger charge is 2.44. The molecule has 0 atom stereocenters. The highest BCUT2D eigenvalue weighted by Crippen LogP contribution is 2.51. The summed E-state index contributed by atoms with van der Waals surface area (Å²) in [6, 6.07) is 59.8. The lowest BCUT2D eigenvalue weighted by Crippen LogP contribution is -2.54. The summed E-state index contributed by atoms with van der Waals surface area (Å²) in [6.07, 6.45) is 0. The second-order valence-electron chi connectivity index (χ2n) is 14.3. The molecule has 5 heteroatoms. The molecule has 2 aliphatic rings. The van der Waals surface area contributed by atoms with Gasteiger partial charge in [-0.3, -0.25) is 0 Å². The maximum atomic E-state index is 2.67. The third kappa shape index (κ3) is 3.81. The Morgan fingerprint density at radius 3 is 1.83 bits per heavy atom. The van der Waals surface area contributed by atoms with Crippen LogP contribution in [-0.4, -0.2) is 6.71 Å². The van der Waals surface area contributed by atoms with E-state index in [2.05, 4.69) is 163 Å². The van der Waals surface area contributed by atoms with Gasteiger partial charge in [0.15, 0.2) is 0 Å². The van der Waals surface area contributed by atoms with Crippen LogP contribution in [0.1, 0.15) is 0 Å². The van der Waals surface area contributed by atoms with Gasteiger partial charge in [0.1, 0.15) is 0 Å². The Bertz CT molecular complexity index is 3380. The van der Waals surface area contributed by atoms with Crippen LogP contribution in [0.4, 0.5) is 17.1 Å². The minimum atomic E-state index is 0.154. The quantitative estimate of drug-likeness (QED) is 0.161. The Morgan fingerprint density at radius 2 is 1.00 bits per heavy atom. The number of fused-ring (bicyclic) bond motifs is 15. The first kappa shape index (κ1) is 28.8. The predicted molar refractivity (Wildman–Crippen MR) is 235 cm³/mol. The van der Waals surface area contributed by atoms with Crippen molar-refractivity contribution < 1.29 is 0 Å². The van der Waals surface area contributed by atoms with Crippen LogP contribution < -0.4 is 21.3 Å². The van der Waals surface area contributed by atoms with E-state index in [1.165, 1.54) is 116 Å². The minimum absolute atomic E-state index is 0.154. The number of nitrogens with zero attached hydrogens (tertiary/aromatic N) is 1. The Balaban J connectivity index is 1.19. The average Bonchev–Trinajstić information content (AvgIpc) is 3.97. The molecule has 0 fully saturated rings. The van der Waals surface area contributed by atoms with Gasteiger partial charge in [0, 0.05) is 66.2 Å². The van der Waals surface area contributed by atoms with Crippen LogP contribution in [0.3, 0.4) is 0 Å². The Hall–Kier alpha value is -5.72. The summed E-state index contributed by atoms with van der Waals surface area (Å²) < 4.78 is 7.98. The van der Waals surface area contributed by atoms with Gasteiger partial charge in [0.2, 0.25) is 6.71 Å². The van der Waals surface area contributed by atoms with E-state index in [-0.39, 0.29) is 6.71 Å². The van der Waals surface area contributed by atoms with Crippen LogP contribution in [0.2, 0.25) is 0 Å². The zero-order chi connectivity index (χ0) is 34.4. The van der Waals surface area contributed by atoms with Crippen molar-refractivity contribution in [2.45, 2.75) is 0 Å². The molecule has 244 valence electrons. The molecule has 2 aliphatic heterocycles. The van der Waals surface area contributed by atoms with E-state index in [0.717, 1.165) is 0 Å². The molecule has 5 heterocycles. The predicted octanol–water partition coefficient (Wildman–Crippen LogP) is 12.7. The van der Waals surface area contributed by atoms with Crippen LogP contribution in [0, 0.1) is 0 Å². The molecule has 0 radical (unpaired) electrons. The lowest BCUT2D eigenvalue weighted by atomic mass is 9.37. The topological polar surface area (TPSA) is 3.24 Å². The third-order valence-electron chi connectivity index (χ3n) is 11.7. The Labute approximate surface area is 317 Å². The zero-order valence-corrected chi connectivity index (χ0v) is 30.7. The molecular formula is C48H26BNS3. The summed E-state index contributed by atoms with van der Waals surface area (Å²) in [6.45, 7) is 0.154. The second-order valence-corrected chi connectivity index (χ2v) is 17.6. The summed E-state index contributed by atoms with van der Waals surface area (Å²) in [4.78, 5) is 2.67. The number of benzene rings is 8. The van der Waals surface area contributed by atoms with E-state index in [4.69, 9.17) is 0 Å². The molecule has 8 aromatic carbocycles. The van der Waals surface area contributed by atoms with Crippen LogP contribution in [0.15, 0.2) is 158 Å². The molecule has 0 bridgehead atoms. The summed E-state index contributed by atoms with van der Waals surface area (Å²) >= 11 is 5.69. The number of hydrogen-bond acceptors (Lipinski definition) is 4. The summed E-state index contributed by atoms with van der Waals surface area (Å²) in [5.74, 6) is 0. The molecule has 11 aromatic rings. The maximum Gasteiger partial charge on any atom is 0.248 e. The minimum Gasteiger partial charge on any atom is -0.310 e. The molecule has 0 saturated carbocycles. The molecule has 0 saturated heterocycles. The number of anilines is 3. The fourth-order valence-electron chi connectivity index (χ4n) is 9.50. The molecule has 0 unspecified atom stereocenters. The Morgan fingerprint density at radius 1 is 0.377 bits per heavy atom. The van der Waals surface area contributed by atoms with Gasteiger partial charge < -0.3 is 4.90 Å². The molecule has 0 N–H and O–H groups in total. The number of hydrogen-bond donors (Lipinski definition) is 0. The van der Waals surface area contributed by atoms with Gasteiger partial charge >= 0.3 is 0 Å². The molecule has 3 aromatic heterocycles. The summed E-state index contributed by atoms with van der Waals surface area (Å²) in [5, 5.41) is 8.00. The fourth-order valence-corrected chi connectivity index (χ4v) is 12.8. The number of rotatable bonds is 2. The standard InChI is InChI=1S/C48H26BNS3/c1-5-14-35-29(10-1)34-25-28(27-20-22-42-33(24-27)30-11-2-6-16-39(30)51-42)26-38-47(34)49(35)36-21-23-44-46(32-13-4-8-18-41(32)53-44)48(36)50(38)37-15-9-19-43-45(37)31-12-3-7-17-40(31)52-43/h1-26H. The van der Waals surface area contributed by atoms with Gasteiger partial charge in [0.05, 0.1) is 11.4 Å². The van der Waals surface area contributed by atoms with Crippen LogP contribution in [-0.2, 0) is 0 Å². The Kier molecular flexibility index (Phi) is 5.69. The zero-order valence-electron chi connectivity index (χ0n) is 28.3. The normalized spacial score (nSPS) is 13.2. The molecule has 0 amide bonds. The van der Waals surface area contributed by atoms with Gasteiger partial charge in [-0.2, -0.15) is 0 Å². The monoisotopic (exact) mass is 723 g/mol. The largest absolute Gasteiger partial charge is 0.310 e. The SMILES string of the molecule is c1ccc2c(c1)B1c3ccc4sc5ccccc5c4c3N(c3cccc4sc5ccccc5c34)c3cc(-c4ccc5sc6ccccc6c5c4)cc-2c31. The fraction of sp³-hybridized carbons (Fsp3) is 0. The van der Waals surface area contributed by atoms with Crippen molar-refractivity contribution in [1.29, 1.82) is 0 Å². The van der Waals surface area contributed by atoms with E-state index in [9.17, 15) is 0 Å². The smallest absolute Gasteiger partial charge is 0.248 e. The van der Waals surface area contributed by atoms with Crippen LogP contribution in [0.5, 0.6) is 0 Å². The van der Waals surface area contributed by atoms with Crippen LogP contribution >= 0.6 is 34.0 Å². The average molecular weight is 724 g/mol. The molecule has 53 heavy (non-hydrogen) atoms. The third-order valence-corrected chi connectivity index (χ3v) is 15.1. The lowest BCUT2D eigenvalue weighted by Gasteiger charge is -2.37. The molecular weight excluding hydrogens is 698 g/mol. The van der Waals surface area contributed by atoms with Crippen molar-refractivity contribution >= 4 is 135 Å². The highest BCUT2D eigenvalue weighted by atomic mass is 32.1. The van der Waals surface area contributed by atoms with Crippen molar-refractivity contribution in [3.8, 4) is 22.3 Å². The van der Waals surface area contributed by atoms with E-state index in [1.54, 1.807) is 0 Å². The summed E-state index contributed by atoms with van der Waals surface area (Å²) in [5.41, 5.74) is 13.3. The lowest BCUT2D eigenvalue weighted by molar-refractivity contribution is 1.33. The van der Waals surface area contributed by atoms with E-state index < -0.39 is 0 Å². The molecule has 1 nitrogen and oxygen atoms in total. The van der Waals surface area contributed by atoms with Gasteiger partial charge in [-0.25, -0.2) is 0 Å². The maximum absolute atomic E-state index is 2.67. The highest BCUT2D eigenvalue weighted by molar-refractivity contribution is 7.26. The van der Waals surface area contributed by atoms with E-state index >= 15 is 0 Å². The molecule has 13 rings (SSSR count). The first-order valence-corrected chi connectivity index (χ1v) is 20.6. The van der Waals surface area contributed by atoms with Crippen molar-refractivity contribution in [2.24, 2.45) is 0 Å². The molecule has 0 spiro atoms. The van der Waals surface area contributed by atoms with E-state index in [1.807, 2.05) is 34.0 Å². The van der Waals surface area contributed by atoms with E-state index in [0.29, 0.717) is 0 Å². The van der Waals surface area contributed by atoms with Gasteiger partial charge in [-0.15, -0.1) is 34.0 Å². The van der Waals surface area contributed by atoms with Crippen molar-refractivity contribution in [1.82, 2.24) is 0 Å². The first-order chi connectivity index (χ1) is 26.3.